The first-order valence-corrected chi connectivity index (χ1v) is 16.4. The number of aromatic nitrogens is 5. The Morgan fingerprint density at radius 1 is 1.13 bits per heavy atom. The van der Waals surface area contributed by atoms with Crippen molar-refractivity contribution in [2.24, 2.45) is 0 Å². The minimum atomic E-state index is -0.391. The first-order chi connectivity index (χ1) is 22.9. The van der Waals surface area contributed by atoms with E-state index in [4.69, 9.17) is 31.0 Å². The number of carbonyl (C=O) groups is 1. The van der Waals surface area contributed by atoms with E-state index in [9.17, 15) is 9.18 Å². The van der Waals surface area contributed by atoms with E-state index < -0.39 is 5.82 Å². The van der Waals surface area contributed by atoms with Crippen LogP contribution >= 0.6 is 11.6 Å². The number of hydrogen-bond donors (Lipinski definition) is 1. The van der Waals surface area contributed by atoms with Gasteiger partial charge in [0.2, 0.25) is 11.8 Å². The van der Waals surface area contributed by atoms with Gasteiger partial charge in [0.25, 0.3) is 0 Å². The van der Waals surface area contributed by atoms with Gasteiger partial charge in [0, 0.05) is 53.0 Å². The number of anilines is 1. The van der Waals surface area contributed by atoms with Crippen LogP contribution in [-0.4, -0.2) is 60.7 Å². The Balaban J connectivity index is 1.00. The predicted octanol–water partition coefficient (Wildman–Crippen LogP) is 6.37. The van der Waals surface area contributed by atoms with Crippen molar-refractivity contribution >= 4 is 34.2 Å². The molecular formula is C35H37ClFN7O3. The lowest BCUT2D eigenvalue weighted by molar-refractivity contribution is -0.118. The smallest absolute Gasteiger partial charge is 0.247 e. The number of pyridine rings is 1. The summed E-state index contributed by atoms with van der Waals surface area (Å²) in [7, 11) is 0. The molecule has 0 aliphatic carbocycles. The quantitative estimate of drug-likeness (QED) is 0.176. The lowest BCUT2D eigenvalue weighted by Crippen LogP contribution is -2.35. The number of ether oxygens (including phenoxy) is 2. The van der Waals surface area contributed by atoms with E-state index in [0.29, 0.717) is 28.1 Å². The number of likely N-dealkylation sites (tertiary alicyclic amines) is 1. The summed E-state index contributed by atoms with van der Waals surface area (Å²) in [6.45, 7) is 6.01. The summed E-state index contributed by atoms with van der Waals surface area (Å²) in [5.74, 6) is 1.28. The van der Waals surface area contributed by atoms with Gasteiger partial charge in [-0.2, -0.15) is 0 Å². The predicted molar refractivity (Wildman–Crippen MR) is 177 cm³/mol. The molecule has 0 bridgehead atoms. The van der Waals surface area contributed by atoms with Gasteiger partial charge in [0.1, 0.15) is 24.3 Å². The number of carbonyl (C=O) groups excluding carboxylic acids is 1. The molecule has 0 saturated carbocycles. The van der Waals surface area contributed by atoms with Crippen LogP contribution in [0.3, 0.4) is 0 Å². The number of fused-ring (bicyclic) bond motifs is 1. The summed E-state index contributed by atoms with van der Waals surface area (Å²) in [6, 6.07) is 15.9. The molecule has 2 fully saturated rings. The zero-order valence-corrected chi connectivity index (χ0v) is 26.9. The Hall–Kier alpha value is -4.32. The number of nitrogens with one attached hydrogen (secondary N) is 1. The van der Waals surface area contributed by atoms with E-state index in [0.717, 1.165) is 74.6 Å². The molecule has 10 nitrogen and oxygen atoms in total. The zero-order valence-electron chi connectivity index (χ0n) is 26.2. The third-order valence-electron chi connectivity index (χ3n) is 9.13. The lowest BCUT2D eigenvalue weighted by Gasteiger charge is -2.32. The Morgan fingerprint density at radius 3 is 2.72 bits per heavy atom. The van der Waals surface area contributed by atoms with Gasteiger partial charge < -0.3 is 23.9 Å². The fraction of sp³-hybridized carbons (Fsp3) is 0.371. The highest BCUT2D eigenvalue weighted by Crippen LogP contribution is 2.30. The molecule has 2 atom stereocenters. The molecule has 2 unspecified atom stereocenters. The highest BCUT2D eigenvalue weighted by Gasteiger charge is 2.26. The average molecular weight is 658 g/mol. The van der Waals surface area contributed by atoms with E-state index in [1.807, 2.05) is 37.3 Å². The van der Waals surface area contributed by atoms with Gasteiger partial charge >= 0.3 is 0 Å². The lowest BCUT2D eigenvalue weighted by atomic mass is 9.93. The summed E-state index contributed by atoms with van der Waals surface area (Å²) in [6.07, 6.45) is 8.22. The molecule has 5 aromatic rings. The molecule has 244 valence electrons. The third-order valence-corrected chi connectivity index (χ3v) is 9.37. The van der Waals surface area contributed by atoms with Gasteiger partial charge in [-0.15, -0.1) is 0 Å². The molecule has 12 heteroatoms. The van der Waals surface area contributed by atoms with Crippen molar-refractivity contribution in [2.75, 3.05) is 25.0 Å². The maximum atomic E-state index is 14.2. The summed E-state index contributed by atoms with van der Waals surface area (Å²) in [5.41, 5.74) is 4.02. The molecule has 47 heavy (non-hydrogen) atoms. The number of piperidine rings is 1. The van der Waals surface area contributed by atoms with Gasteiger partial charge in [-0.05, 0) is 75.7 Å². The van der Waals surface area contributed by atoms with Crippen molar-refractivity contribution < 1.29 is 18.7 Å². The summed E-state index contributed by atoms with van der Waals surface area (Å²) >= 11 is 5.87. The van der Waals surface area contributed by atoms with Crippen molar-refractivity contribution in [3.8, 4) is 5.88 Å². The highest BCUT2D eigenvalue weighted by molar-refractivity contribution is 6.30. The van der Waals surface area contributed by atoms with E-state index in [-0.39, 0.29) is 24.7 Å². The first kappa shape index (κ1) is 31.3. The van der Waals surface area contributed by atoms with Crippen LogP contribution in [0.15, 0.2) is 73.3 Å². The molecule has 0 radical (unpaired) electrons. The monoisotopic (exact) mass is 657 g/mol. The SMILES string of the molecule is CC(C(=O)Nc1ccc2c(c1)nc(CN1CCC(c3cccc(OCc4ccc(Cl)cc4F)n3)CC1)n2CC1CCO1)n1ccnc1. The molecule has 2 aliphatic rings. The fourth-order valence-corrected chi connectivity index (χ4v) is 6.37. The summed E-state index contributed by atoms with van der Waals surface area (Å²) in [4.78, 5) is 29.2. The van der Waals surface area contributed by atoms with Crippen LogP contribution in [0.4, 0.5) is 10.1 Å². The maximum absolute atomic E-state index is 14.2. The molecule has 5 heterocycles. The second-order valence-electron chi connectivity index (χ2n) is 12.3. The second-order valence-corrected chi connectivity index (χ2v) is 12.7. The van der Waals surface area contributed by atoms with E-state index in [1.165, 1.54) is 6.07 Å². The van der Waals surface area contributed by atoms with Crippen LogP contribution in [0.1, 0.15) is 55.2 Å². The van der Waals surface area contributed by atoms with E-state index in [1.54, 1.807) is 41.5 Å². The Morgan fingerprint density at radius 2 is 1.98 bits per heavy atom. The van der Waals surface area contributed by atoms with Crippen LogP contribution in [0.2, 0.25) is 5.02 Å². The largest absolute Gasteiger partial charge is 0.473 e. The van der Waals surface area contributed by atoms with Gasteiger partial charge in [0.15, 0.2) is 0 Å². The van der Waals surface area contributed by atoms with E-state index in [2.05, 4.69) is 19.8 Å². The van der Waals surface area contributed by atoms with Crippen LogP contribution in [0.5, 0.6) is 5.88 Å². The molecule has 2 saturated heterocycles. The molecular weight excluding hydrogens is 621 g/mol. The Bertz CT molecular complexity index is 1850. The first-order valence-electron chi connectivity index (χ1n) is 16.0. The minimum absolute atomic E-state index is 0.0866. The van der Waals surface area contributed by atoms with Crippen molar-refractivity contribution in [1.29, 1.82) is 0 Å². The average Bonchev–Trinajstić information content (AvgIpc) is 3.71. The summed E-state index contributed by atoms with van der Waals surface area (Å²) in [5, 5.41) is 3.39. The van der Waals surface area contributed by atoms with Gasteiger partial charge in [-0.3, -0.25) is 9.69 Å². The Labute approximate surface area is 277 Å². The number of nitrogens with zero attached hydrogens (tertiary/aromatic N) is 6. The van der Waals surface area contributed by atoms with E-state index >= 15 is 0 Å². The van der Waals surface area contributed by atoms with Crippen LogP contribution < -0.4 is 10.1 Å². The van der Waals surface area contributed by atoms with Crippen LogP contribution in [-0.2, 0) is 29.2 Å². The standard InChI is InChI=1S/C35H37ClFN7O3/c1-23(43-15-12-38-22-43)35(45)39-27-7-8-32-31(18-27)40-33(44(32)19-28-11-16-46-28)20-42-13-9-24(10-14-42)30-3-2-4-34(41-30)47-21-25-5-6-26(36)17-29(25)37/h2-8,12,15,17-18,22-24,28H,9-11,13-14,16,19-21H2,1H3,(H,39,45). The Kier molecular flexibility index (Phi) is 9.19. The van der Waals surface area contributed by atoms with Crippen molar-refractivity contribution in [3.05, 3.63) is 101 Å². The normalized spacial score (nSPS) is 17.8. The van der Waals surface area contributed by atoms with Crippen LogP contribution in [0.25, 0.3) is 11.0 Å². The number of halogens is 2. The van der Waals surface area contributed by atoms with Gasteiger partial charge in [-0.1, -0.05) is 23.7 Å². The maximum Gasteiger partial charge on any atom is 0.247 e. The van der Waals surface area contributed by atoms with Gasteiger partial charge in [-0.25, -0.2) is 19.3 Å². The topological polar surface area (TPSA) is 99.3 Å². The molecule has 1 amide bonds. The highest BCUT2D eigenvalue weighted by atomic mass is 35.5. The van der Waals surface area contributed by atoms with Crippen LogP contribution in [0, 0.1) is 5.82 Å². The number of rotatable bonds is 11. The molecule has 7 rings (SSSR count). The van der Waals surface area contributed by atoms with Crippen molar-refractivity contribution in [3.63, 3.8) is 0 Å². The number of amides is 1. The van der Waals surface area contributed by atoms with Crippen molar-refractivity contribution in [1.82, 2.24) is 29.0 Å². The molecule has 1 N–H and O–H groups in total. The minimum Gasteiger partial charge on any atom is -0.473 e. The molecule has 2 aliphatic heterocycles. The number of imidazole rings is 2. The summed E-state index contributed by atoms with van der Waals surface area (Å²) < 4.78 is 29.9. The molecule has 2 aromatic carbocycles. The third kappa shape index (κ3) is 7.17. The fourth-order valence-electron chi connectivity index (χ4n) is 6.21. The number of hydrogen-bond acceptors (Lipinski definition) is 7. The van der Waals surface area contributed by atoms with Gasteiger partial charge in [0.05, 0.1) is 36.6 Å². The molecule has 3 aromatic heterocycles. The van der Waals surface area contributed by atoms with Crippen molar-refractivity contribution in [2.45, 2.75) is 63.9 Å². The molecule has 0 spiro atoms. The zero-order chi connectivity index (χ0) is 32.3. The number of benzene rings is 2. The second kappa shape index (κ2) is 13.8.